The molecule has 192 valence electrons. The number of aromatic nitrogens is 2. The molecule has 0 saturated carbocycles. The summed E-state index contributed by atoms with van der Waals surface area (Å²) in [7, 11) is -3.92. The van der Waals surface area contributed by atoms with E-state index in [-0.39, 0.29) is 22.3 Å². The highest BCUT2D eigenvalue weighted by atomic mass is 32.2. The highest BCUT2D eigenvalue weighted by molar-refractivity contribution is 7.92. The van der Waals surface area contributed by atoms with E-state index < -0.39 is 16.0 Å². The second-order valence-electron chi connectivity index (χ2n) is 8.67. The van der Waals surface area contributed by atoms with Crippen LogP contribution in [0.5, 0.6) is 0 Å². The molecule has 9 nitrogen and oxygen atoms in total. The van der Waals surface area contributed by atoms with Crippen molar-refractivity contribution in [2.24, 2.45) is 0 Å². The SMILES string of the molecule is CCC(Cc1ccc(-c2ccccc2S(=O)(=O)Nc2noc(C)c2C)cc1)Nc1ncccc1C(=O)O. The zero-order valence-electron chi connectivity index (χ0n) is 20.7. The molecular weight excluding hydrogens is 492 g/mol. The predicted molar refractivity (Wildman–Crippen MR) is 141 cm³/mol. The number of carboxylic acid groups (broad SMARTS) is 1. The third-order valence-electron chi connectivity index (χ3n) is 6.18. The van der Waals surface area contributed by atoms with Gasteiger partial charge in [0.15, 0.2) is 5.82 Å². The van der Waals surface area contributed by atoms with Crippen molar-refractivity contribution in [1.29, 1.82) is 0 Å². The number of aryl methyl sites for hydroxylation is 1. The smallest absolute Gasteiger partial charge is 0.339 e. The van der Waals surface area contributed by atoms with Crippen LogP contribution in [0.2, 0.25) is 0 Å². The molecule has 2 aromatic carbocycles. The summed E-state index contributed by atoms with van der Waals surface area (Å²) in [4.78, 5) is 15.8. The third-order valence-corrected chi connectivity index (χ3v) is 7.58. The molecule has 3 N–H and O–H groups in total. The summed E-state index contributed by atoms with van der Waals surface area (Å²) in [5.74, 6) is 0.0119. The molecule has 37 heavy (non-hydrogen) atoms. The van der Waals surface area contributed by atoms with Gasteiger partial charge < -0.3 is 14.9 Å². The number of sulfonamides is 1. The van der Waals surface area contributed by atoms with Gasteiger partial charge in [0.05, 0.1) is 4.90 Å². The van der Waals surface area contributed by atoms with Crippen LogP contribution in [-0.2, 0) is 16.4 Å². The first-order valence-corrected chi connectivity index (χ1v) is 13.3. The lowest BCUT2D eigenvalue weighted by atomic mass is 9.99. The van der Waals surface area contributed by atoms with Gasteiger partial charge in [-0.15, -0.1) is 0 Å². The quantitative estimate of drug-likeness (QED) is 0.257. The maximum absolute atomic E-state index is 13.2. The van der Waals surface area contributed by atoms with E-state index in [1.165, 1.54) is 6.07 Å². The van der Waals surface area contributed by atoms with Crippen LogP contribution in [0.25, 0.3) is 11.1 Å². The van der Waals surface area contributed by atoms with E-state index in [1.807, 2.05) is 31.2 Å². The minimum atomic E-state index is -3.92. The molecular formula is C27H28N4O5S. The number of hydrogen-bond acceptors (Lipinski definition) is 7. The topological polar surface area (TPSA) is 134 Å². The van der Waals surface area contributed by atoms with Crippen molar-refractivity contribution in [2.45, 2.75) is 44.6 Å². The number of hydrogen-bond donors (Lipinski definition) is 3. The number of nitrogens with one attached hydrogen (secondary N) is 2. The van der Waals surface area contributed by atoms with Crippen LogP contribution < -0.4 is 10.0 Å². The normalized spacial score (nSPS) is 12.2. The van der Waals surface area contributed by atoms with E-state index in [1.54, 1.807) is 50.4 Å². The van der Waals surface area contributed by atoms with Gasteiger partial charge >= 0.3 is 5.97 Å². The molecule has 1 atom stereocenters. The highest BCUT2D eigenvalue weighted by Gasteiger charge is 2.22. The van der Waals surface area contributed by atoms with Gasteiger partial charge in [-0.05, 0) is 56.0 Å². The minimum Gasteiger partial charge on any atom is -0.478 e. The Morgan fingerprint density at radius 3 is 2.41 bits per heavy atom. The molecule has 0 spiro atoms. The number of pyridine rings is 1. The van der Waals surface area contributed by atoms with E-state index >= 15 is 0 Å². The minimum absolute atomic E-state index is 0.0372. The average Bonchev–Trinajstić information content (AvgIpc) is 3.20. The molecule has 2 heterocycles. The molecule has 0 aliphatic heterocycles. The summed E-state index contributed by atoms with van der Waals surface area (Å²) < 4.78 is 34.0. The molecule has 10 heteroatoms. The van der Waals surface area contributed by atoms with Crippen LogP contribution in [-0.4, -0.2) is 35.7 Å². The fraction of sp³-hybridized carbons (Fsp3) is 0.222. The average molecular weight is 521 g/mol. The van der Waals surface area contributed by atoms with Crippen LogP contribution in [0, 0.1) is 13.8 Å². The Hall–Kier alpha value is -4.18. The van der Waals surface area contributed by atoms with Gasteiger partial charge in [0, 0.05) is 23.4 Å². The van der Waals surface area contributed by atoms with Crippen molar-refractivity contribution in [3.8, 4) is 11.1 Å². The van der Waals surface area contributed by atoms with Crippen LogP contribution >= 0.6 is 0 Å². The summed E-state index contributed by atoms with van der Waals surface area (Å²) in [6.45, 7) is 5.47. The monoisotopic (exact) mass is 520 g/mol. The molecule has 0 aliphatic rings. The Kier molecular flexibility index (Phi) is 7.58. The summed E-state index contributed by atoms with van der Waals surface area (Å²) >= 11 is 0. The molecule has 0 amide bonds. The zero-order valence-corrected chi connectivity index (χ0v) is 21.5. The fourth-order valence-electron chi connectivity index (χ4n) is 3.92. The Balaban J connectivity index is 1.55. The standard InChI is InChI=1S/C27H28N4O5S/c1-4-21(29-26-23(27(32)33)9-7-15-28-26)16-19-11-13-20(14-12-19)22-8-5-6-10-24(22)37(34,35)31-25-17(2)18(3)36-30-25/h5-15,21H,4,16H2,1-3H3,(H,28,29)(H,30,31)(H,32,33). The van der Waals surface area contributed by atoms with Gasteiger partial charge in [-0.3, -0.25) is 4.72 Å². The number of rotatable bonds is 10. The summed E-state index contributed by atoms with van der Waals surface area (Å²) in [6, 6.07) is 17.5. The van der Waals surface area contributed by atoms with Gasteiger partial charge in [-0.25, -0.2) is 18.2 Å². The van der Waals surface area contributed by atoms with Crippen LogP contribution in [0.15, 0.2) is 76.3 Å². The molecule has 4 aromatic rings. The molecule has 0 fully saturated rings. The van der Waals surface area contributed by atoms with Crippen LogP contribution in [0.1, 0.15) is 40.6 Å². The van der Waals surface area contributed by atoms with Crippen molar-refractivity contribution in [3.05, 3.63) is 89.3 Å². The Morgan fingerprint density at radius 2 is 1.76 bits per heavy atom. The lowest BCUT2D eigenvalue weighted by Crippen LogP contribution is -2.23. The summed E-state index contributed by atoms with van der Waals surface area (Å²) in [5, 5.41) is 16.5. The second-order valence-corrected chi connectivity index (χ2v) is 10.3. The second kappa shape index (κ2) is 10.8. The van der Waals surface area contributed by atoms with Crippen molar-refractivity contribution < 1.29 is 22.8 Å². The number of anilines is 2. The maximum atomic E-state index is 13.2. The first-order valence-electron chi connectivity index (χ1n) is 11.8. The Bertz CT molecular complexity index is 1510. The summed E-state index contributed by atoms with van der Waals surface area (Å²) in [5.41, 5.74) is 3.08. The largest absolute Gasteiger partial charge is 0.478 e. The molecule has 0 radical (unpaired) electrons. The van der Waals surface area contributed by atoms with E-state index in [4.69, 9.17) is 4.52 Å². The first-order chi connectivity index (χ1) is 17.7. The van der Waals surface area contributed by atoms with Crippen LogP contribution in [0.3, 0.4) is 0 Å². The van der Waals surface area contributed by atoms with Crippen molar-refractivity contribution in [2.75, 3.05) is 10.0 Å². The lowest BCUT2D eigenvalue weighted by Gasteiger charge is -2.19. The number of benzene rings is 2. The van der Waals surface area contributed by atoms with Gasteiger partial charge in [0.1, 0.15) is 17.1 Å². The molecule has 2 aromatic heterocycles. The molecule has 4 rings (SSSR count). The Morgan fingerprint density at radius 1 is 1.03 bits per heavy atom. The van der Waals surface area contributed by atoms with Gasteiger partial charge in [0.25, 0.3) is 10.0 Å². The number of carbonyl (C=O) groups is 1. The highest BCUT2D eigenvalue weighted by Crippen LogP contribution is 2.30. The van der Waals surface area contributed by atoms with Crippen molar-refractivity contribution in [1.82, 2.24) is 10.1 Å². The molecule has 0 saturated heterocycles. The lowest BCUT2D eigenvalue weighted by molar-refractivity contribution is 0.0697. The van der Waals surface area contributed by atoms with Crippen molar-refractivity contribution in [3.63, 3.8) is 0 Å². The zero-order chi connectivity index (χ0) is 26.6. The van der Waals surface area contributed by atoms with Crippen LogP contribution in [0.4, 0.5) is 11.6 Å². The van der Waals surface area contributed by atoms with E-state index in [2.05, 4.69) is 20.2 Å². The van der Waals surface area contributed by atoms with E-state index in [0.29, 0.717) is 29.1 Å². The molecule has 0 aliphatic carbocycles. The summed E-state index contributed by atoms with van der Waals surface area (Å²) in [6.07, 6.45) is 2.95. The van der Waals surface area contributed by atoms with Gasteiger partial charge in [0.2, 0.25) is 0 Å². The van der Waals surface area contributed by atoms with E-state index in [0.717, 1.165) is 17.5 Å². The predicted octanol–water partition coefficient (Wildman–Crippen LogP) is 5.29. The van der Waals surface area contributed by atoms with Crippen molar-refractivity contribution >= 4 is 27.6 Å². The number of nitrogens with zero attached hydrogens (tertiary/aromatic N) is 2. The Labute approximate surface area is 215 Å². The number of aromatic carboxylic acids is 1. The number of carboxylic acids is 1. The maximum Gasteiger partial charge on any atom is 0.339 e. The fourth-order valence-corrected chi connectivity index (χ4v) is 5.21. The molecule has 1 unspecified atom stereocenters. The first kappa shape index (κ1) is 25.9. The van der Waals surface area contributed by atoms with Gasteiger partial charge in [-0.2, -0.15) is 0 Å². The van der Waals surface area contributed by atoms with E-state index in [9.17, 15) is 18.3 Å². The van der Waals surface area contributed by atoms with Gasteiger partial charge in [-0.1, -0.05) is 54.5 Å². The third kappa shape index (κ3) is 5.80. The molecule has 0 bridgehead atoms.